The highest BCUT2D eigenvalue weighted by molar-refractivity contribution is 6.29. The normalized spacial score (nSPS) is 15.4. The molecule has 0 bridgehead atoms. The molecule has 4 heteroatoms. The van der Waals surface area contributed by atoms with Crippen LogP contribution in [0.25, 0.3) is 0 Å². The SMILES string of the molecule is CCN(CC1CC1)c1cc(Cl)nc(C(C)C)n1. The third kappa shape index (κ3) is 3.32. The van der Waals surface area contributed by atoms with Crippen LogP contribution in [0.15, 0.2) is 6.07 Å². The summed E-state index contributed by atoms with van der Waals surface area (Å²) >= 11 is 6.07. The van der Waals surface area contributed by atoms with Gasteiger partial charge in [-0.25, -0.2) is 9.97 Å². The lowest BCUT2D eigenvalue weighted by Crippen LogP contribution is -2.26. The maximum absolute atomic E-state index is 6.07. The molecule has 0 N–H and O–H groups in total. The van der Waals surface area contributed by atoms with Crippen molar-refractivity contribution in [1.82, 2.24) is 9.97 Å². The molecule has 0 aromatic carbocycles. The summed E-state index contributed by atoms with van der Waals surface area (Å²) in [6.45, 7) is 8.41. The molecule has 1 aliphatic carbocycles. The van der Waals surface area contributed by atoms with Crippen molar-refractivity contribution in [3.8, 4) is 0 Å². The lowest BCUT2D eigenvalue weighted by atomic mass is 10.2. The Morgan fingerprint density at radius 3 is 2.65 bits per heavy atom. The van der Waals surface area contributed by atoms with E-state index in [1.165, 1.54) is 12.8 Å². The number of aromatic nitrogens is 2. The molecule has 1 saturated carbocycles. The van der Waals surface area contributed by atoms with Gasteiger partial charge in [0.25, 0.3) is 0 Å². The standard InChI is InChI=1S/C13H20ClN3/c1-4-17(8-10-5-6-10)12-7-11(14)15-13(16-12)9(2)3/h7,9-10H,4-6,8H2,1-3H3. The van der Waals surface area contributed by atoms with Crippen molar-refractivity contribution in [1.29, 1.82) is 0 Å². The Hall–Kier alpha value is -0.830. The van der Waals surface area contributed by atoms with Crippen LogP contribution in [-0.4, -0.2) is 23.1 Å². The van der Waals surface area contributed by atoms with Crippen LogP contribution in [0.5, 0.6) is 0 Å². The smallest absolute Gasteiger partial charge is 0.135 e. The topological polar surface area (TPSA) is 29.0 Å². The minimum absolute atomic E-state index is 0.312. The van der Waals surface area contributed by atoms with Gasteiger partial charge in [-0.15, -0.1) is 0 Å². The van der Waals surface area contributed by atoms with Gasteiger partial charge in [0.05, 0.1) is 0 Å². The first-order valence-electron chi connectivity index (χ1n) is 6.39. The molecule has 3 nitrogen and oxygen atoms in total. The van der Waals surface area contributed by atoms with Crippen LogP contribution >= 0.6 is 11.6 Å². The highest BCUT2D eigenvalue weighted by Crippen LogP contribution is 2.31. The van der Waals surface area contributed by atoms with Gasteiger partial charge in [0.1, 0.15) is 16.8 Å². The number of hydrogen-bond donors (Lipinski definition) is 0. The fourth-order valence-corrected chi connectivity index (χ4v) is 2.02. The highest BCUT2D eigenvalue weighted by atomic mass is 35.5. The zero-order valence-corrected chi connectivity index (χ0v) is 11.5. The summed E-state index contributed by atoms with van der Waals surface area (Å²) in [4.78, 5) is 11.2. The lowest BCUT2D eigenvalue weighted by Gasteiger charge is -2.22. The van der Waals surface area contributed by atoms with Gasteiger partial charge >= 0.3 is 0 Å². The third-order valence-corrected chi connectivity index (χ3v) is 3.29. The van der Waals surface area contributed by atoms with E-state index in [1.54, 1.807) is 0 Å². The molecule has 0 saturated heterocycles. The summed E-state index contributed by atoms with van der Waals surface area (Å²) in [5, 5.41) is 0.549. The second-order valence-electron chi connectivity index (χ2n) is 5.04. The van der Waals surface area contributed by atoms with Crippen molar-refractivity contribution in [2.45, 2.75) is 39.5 Å². The van der Waals surface area contributed by atoms with Crippen molar-refractivity contribution >= 4 is 17.4 Å². The summed E-state index contributed by atoms with van der Waals surface area (Å²) in [7, 11) is 0. The van der Waals surface area contributed by atoms with Crippen molar-refractivity contribution in [3.63, 3.8) is 0 Å². The van der Waals surface area contributed by atoms with Crippen molar-refractivity contribution in [3.05, 3.63) is 17.0 Å². The fraction of sp³-hybridized carbons (Fsp3) is 0.692. The quantitative estimate of drug-likeness (QED) is 0.753. The Bertz CT molecular complexity index is 388. The lowest BCUT2D eigenvalue weighted by molar-refractivity contribution is 0.712. The number of nitrogens with zero attached hydrogens (tertiary/aromatic N) is 3. The molecular formula is C13H20ClN3. The van der Waals surface area contributed by atoms with Gasteiger partial charge in [-0.05, 0) is 25.7 Å². The van der Waals surface area contributed by atoms with Crippen LogP contribution in [0.3, 0.4) is 0 Å². The monoisotopic (exact) mass is 253 g/mol. The Balaban J connectivity index is 2.21. The second-order valence-corrected chi connectivity index (χ2v) is 5.43. The molecule has 94 valence electrons. The van der Waals surface area contributed by atoms with Crippen LogP contribution < -0.4 is 4.90 Å². The first-order chi connectivity index (χ1) is 8.10. The highest BCUT2D eigenvalue weighted by Gasteiger charge is 2.24. The minimum Gasteiger partial charge on any atom is -0.356 e. The van der Waals surface area contributed by atoms with E-state index in [9.17, 15) is 0 Å². The molecule has 2 rings (SSSR count). The average Bonchev–Trinajstić information content (AvgIpc) is 3.08. The first kappa shape index (κ1) is 12.6. The van der Waals surface area contributed by atoms with Crippen molar-refractivity contribution in [2.24, 2.45) is 5.92 Å². The fourth-order valence-electron chi connectivity index (χ4n) is 1.84. The predicted octanol–water partition coefficient (Wildman–Crippen LogP) is 3.49. The molecule has 17 heavy (non-hydrogen) atoms. The van der Waals surface area contributed by atoms with Crippen LogP contribution in [0, 0.1) is 5.92 Å². The number of hydrogen-bond acceptors (Lipinski definition) is 3. The van der Waals surface area contributed by atoms with E-state index in [-0.39, 0.29) is 0 Å². The summed E-state index contributed by atoms with van der Waals surface area (Å²) < 4.78 is 0. The summed E-state index contributed by atoms with van der Waals surface area (Å²) in [6, 6.07) is 1.87. The van der Waals surface area contributed by atoms with Gasteiger partial charge in [0, 0.05) is 25.1 Å². The first-order valence-corrected chi connectivity index (χ1v) is 6.77. The van der Waals surface area contributed by atoms with E-state index in [2.05, 4.69) is 35.6 Å². The van der Waals surface area contributed by atoms with Crippen LogP contribution in [0.4, 0.5) is 5.82 Å². The van der Waals surface area contributed by atoms with Gasteiger partial charge in [0.15, 0.2) is 0 Å². The van der Waals surface area contributed by atoms with Crippen LogP contribution in [0.2, 0.25) is 5.15 Å². The molecule has 1 heterocycles. The Morgan fingerprint density at radius 1 is 1.41 bits per heavy atom. The van der Waals surface area contributed by atoms with Crippen LogP contribution in [0.1, 0.15) is 45.4 Å². The molecule has 0 aliphatic heterocycles. The molecule has 1 fully saturated rings. The second kappa shape index (κ2) is 5.21. The van der Waals surface area contributed by atoms with Gasteiger partial charge in [-0.3, -0.25) is 0 Å². The van der Waals surface area contributed by atoms with E-state index in [0.717, 1.165) is 30.6 Å². The Morgan fingerprint density at radius 2 is 2.12 bits per heavy atom. The maximum atomic E-state index is 6.07. The minimum atomic E-state index is 0.312. The van der Waals surface area contributed by atoms with E-state index < -0.39 is 0 Å². The van der Waals surface area contributed by atoms with Crippen molar-refractivity contribution in [2.75, 3.05) is 18.0 Å². The summed E-state index contributed by atoms with van der Waals surface area (Å²) in [5.74, 6) is 2.98. The van der Waals surface area contributed by atoms with Crippen molar-refractivity contribution < 1.29 is 0 Å². The Labute approximate surface area is 108 Å². The van der Waals surface area contributed by atoms with E-state index in [1.807, 2.05) is 6.07 Å². The molecule has 1 aromatic heterocycles. The average molecular weight is 254 g/mol. The molecule has 1 aliphatic rings. The van der Waals surface area contributed by atoms with Gasteiger partial charge in [-0.1, -0.05) is 25.4 Å². The molecule has 0 radical (unpaired) electrons. The number of anilines is 1. The predicted molar refractivity (Wildman–Crippen MR) is 71.7 cm³/mol. The van der Waals surface area contributed by atoms with E-state index in [4.69, 9.17) is 11.6 Å². The van der Waals surface area contributed by atoms with Gasteiger partial charge in [-0.2, -0.15) is 0 Å². The van der Waals surface area contributed by atoms with Gasteiger partial charge < -0.3 is 4.90 Å². The number of rotatable bonds is 5. The zero-order valence-electron chi connectivity index (χ0n) is 10.8. The Kier molecular flexibility index (Phi) is 3.87. The molecule has 0 atom stereocenters. The summed E-state index contributed by atoms with van der Waals surface area (Å²) in [5.41, 5.74) is 0. The summed E-state index contributed by atoms with van der Waals surface area (Å²) in [6.07, 6.45) is 2.71. The molecule has 0 unspecified atom stereocenters. The molecule has 0 amide bonds. The molecule has 0 spiro atoms. The van der Waals surface area contributed by atoms with E-state index in [0.29, 0.717) is 11.1 Å². The van der Waals surface area contributed by atoms with E-state index >= 15 is 0 Å². The van der Waals surface area contributed by atoms with Crippen LogP contribution in [-0.2, 0) is 0 Å². The number of halogens is 1. The largest absolute Gasteiger partial charge is 0.356 e. The molecule has 1 aromatic rings. The molecular weight excluding hydrogens is 234 g/mol. The third-order valence-electron chi connectivity index (χ3n) is 3.10. The van der Waals surface area contributed by atoms with Gasteiger partial charge in [0.2, 0.25) is 0 Å². The zero-order chi connectivity index (χ0) is 12.4. The maximum Gasteiger partial charge on any atom is 0.135 e.